The molecule has 0 N–H and O–H groups in total. The Morgan fingerprint density at radius 3 is 2.05 bits per heavy atom. The standard InChI is InChI=1S/C13H10.C6H10O2/c1-3-7-12-10(5-1)9-11-6-2-4-8-13(11)12;7-6-4-2-1-3-5-8-6/h1-8H,9H2;1-5H2. The van der Waals surface area contributed by atoms with Crippen LogP contribution in [0.4, 0.5) is 0 Å². The predicted molar refractivity (Wildman–Crippen MR) is 84.1 cm³/mol. The van der Waals surface area contributed by atoms with Crippen LogP contribution < -0.4 is 0 Å². The summed E-state index contributed by atoms with van der Waals surface area (Å²) in [7, 11) is 0. The molecule has 1 aliphatic carbocycles. The number of fused-ring (bicyclic) bond motifs is 3. The lowest BCUT2D eigenvalue weighted by atomic mass is 10.1. The molecular weight excluding hydrogens is 260 g/mol. The smallest absolute Gasteiger partial charge is 0.305 e. The zero-order valence-electron chi connectivity index (χ0n) is 12.2. The highest BCUT2D eigenvalue weighted by atomic mass is 16.5. The van der Waals surface area contributed by atoms with Gasteiger partial charge < -0.3 is 4.74 Å². The summed E-state index contributed by atoms with van der Waals surface area (Å²) in [5.74, 6) is -0.0255. The van der Waals surface area contributed by atoms with Crippen molar-refractivity contribution in [3.8, 4) is 11.1 Å². The summed E-state index contributed by atoms with van der Waals surface area (Å²) >= 11 is 0. The number of hydrogen-bond donors (Lipinski definition) is 0. The highest BCUT2D eigenvalue weighted by Crippen LogP contribution is 2.35. The number of hydrogen-bond acceptors (Lipinski definition) is 2. The molecule has 0 atom stereocenters. The van der Waals surface area contributed by atoms with E-state index in [-0.39, 0.29) is 5.97 Å². The van der Waals surface area contributed by atoms with E-state index < -0.39 is 0 Å². The molecule has 2 aliphatic rings. The molecule has 0 spiro atoms. The van der Waals surface area contributed by atoms with Gasteiger partial charge >= 0.3 is 5.97 Å². The summed E-state index contributed by atoms with van der Waals surface area (Å²) in [6.07, 6.45) is 4.93. The number of rotatable bonds is 0. The van der Waals surface area contributed by atoms with Gasteiger partial charge in [-0.15, -0.1) is 0 Å². The number of carbonyl (C=O) groups excluding carboxylic acids is 1. The van der Waals surface area contributed by atoms with Crippen LogP contribution in [0.3, 0.4) is 0 Å². The van der Waals surface area contributed by atoms with Gasteiger partial charge in [-0.25, -0.2) is 0 Å². The van der Waals surface area contributed by atoms with Gasteiger partial charge in [0, 0.05) is 6.42 Å². The van der Waals surface area contributed by atoms with Gasteiger partial charge in [0.15, 0.2) is 0 Å². The minimum Gasteiger partial charge on any atom is -0.466 e. The van der Waals surface area contributed by atoms with Crippen LogP contribution in [0.2, 0.25) is 0 Å². The minimum absolute atomic E-state index is 0.0255. The summed E-state index contributed by atoms with van der Waals surface area (Å²) < 4.78 is 4.76. The van der Waals surface area contributed by atoms with Crippen LogP contribution in [0.1, 0.15) is 36.8 Å². The molecule has 1 fully saturated rings. The minimum atomic E-state index is -0.0255. The SMILES string of the molecule is O=C1CCCCCO1.c1ccc2c(c1)Cc1ccccc1-2. The zero-order chi connectivity index (χ0) is 14.5. The van der Waals surface area contributed by atoms with Crippen LogP contribution in [0, 0.1) is 0 Å². The Bertz CT molecular complexity index is 577. The van der Waals surface area contributed by atoms with Crippen LogP contribution in [0.25, 0.3) is 11.1 Å². The number of cyclic esters (lactones) is 1. The third-order valence-electron chi connectivity index (χ3n) is 3.99. The maximum Gasteiger partial charge on any atom is 0.305 e. The van der Waals surface area contributed by atoms with Crippen molar-refractivity contribution in [1.29, 1.82) is 0 Å². The summed E-state index contributed by atoms with van der Waals surface area (Å²) in [6, 6.07) is 17.3. The molecule has 2 aromatic carbocycles. The average Bonchev–Trinajstić information content (AvgIpc) is 2.73. The van der Waals surface area contributed by atoms with Crippen molar-refractivity contribution < 1.29 is 9.53 Å². The highest BCUT2D eigenvalue weighted by molar-refractivity contribution is 5.76. The van der Waals surface area contributed by atoms with E-state index in [0.29, 0.717) is 13.0 Å². The molecule has 1 saturated heterocycles. The molecule has 108 valence electrons. The fourth-order valence-electron chi connectivity index (χ4n) is 2.89. The van der Waals surface area contributed by atoms with Crippen molar-refractivity contribution in [2.45, 2.75) is 32.1 Å². The second kappa shape index (κ2) is 6.57. The average molecular weight is 280 g/mol. The Hall–Kier alpha value is -2.09. The molecule has 0 radical (unpaired) electrons. The van der Waals surface area contributed by atoms with E-state index in [1.807, 2.05) is 0 Å². The molecule has 1 heterocycles. The predicted octanol–water partition coefficient (Wildman–Crippen LogP) is 4.36. The van der Waals surface area contributed by atoms with E-state index in [2.05, 4.69) is 48.5 Å². The Labute approximate surface area is 125 Å². The maximum atomic E-state index is 10.5. The molecule has 0 bridgehead atoms. The van der Waals surface area contributed by atoms with E-state index >= 15 is 0 Å². The molecule has 2 heteroatoms. The number of benzene rings is 2. The van der Waals surface area contributed by atoms with Crippen molar-refractivity contribution in [2.24, 2.45) is 0 Å². The van der Waals surface area contributed by atoms with E-state index in [4.69, 9.17) is 4.74 Å². The molecule has 0 aromatic heterocycles. The molecule has 4 rings (SSSR count). The first-order chi connectivity index (χ1) is 10.3. The number of esters is 1. The quantitative estimate of drug-likeness (QED) is 0.572. The van der Waals surface area contributed by atoms with Crippen LogP contribution in [-0.4, -0.2) is 12.6 Å². The summed E-state index contributed by atoms with van der Waals surface area (Å²) in [5, 5.41) is 0. The molecule has 21 heavy (non-hydrogen) atoms. The Morgan fingerprint density at radius 1 is 0.762 bits per heavy atom. The summed E-state index contributed by atoms with van der Waals surface area (Å²) in [6.45, 7) is 0.638. The van der Waals surface area contributed by atoms with Gasteiger partial charge in [-0.3, -0.25) is 4.79 Å². The fourth-order valence-corrected chi connectivity index (χ4v) is 2.89. The normalized spacial score (nSPS) is 15.9. The van der Waals surface area contributed by atoms with Crippen molar-refractivity contribution in [1.82, 2.24) is 0 Å². The summed E-state index contributed by atoms with van der Waals surface area (Å²) in [4.78, 5) is 10.5. The first-order valence-corrected chi connectivity index (χ1v) is 7.66. The van der Waals surface area contributed by atoms with E-state index in [1.165, 1.54) is 22.3 Å². The molecule has 2 nitrogen and oxygen atoms in total. The summed E-state index contributed by atoms with van der Waals surface area (Å²) in [5.41, 5.74) is 5.75. The van der Waals surface area contributed by atoms with Gasteiger partial charge in [0.1, 0.15) is 0 Å². The van der Waals surface area contributed by atoms with Crippen LogP contribution >= 0.6 is 0 Å². The Kier molecular flexibility index (Phi) is 4.34. The van der Waals surface area contributed by atoms with Gasteiger partial charge in [-0.1, -0.05) is 48.5 Å². The van der Waals surface area contributed by atoms with Gasteiger partial charge in [-0.05, 0) is 47.9 Å². The van der Waals surface area contributed by atoms with Gasteiger partial charge in [0.2, 0.25) is 0 Å². The largest absolute Gasteiger partial charge is 0.466 e. The highest BCUT2D eigenvalue weighted by Gasteiger charge is 2.15. The topological polar surface area (TPSA) is 26.3 Å². The Morgan fingerprint density at radius 2 is 1.38 bits per heavy atom. The van der Waals surface area contributed by atoms with Crippen LogP contribution in [0.15, 0.2) is 48.5 Å². The van der Waals surface area contributed by atoms with Crippen molar-refractivity contribution in [2.75, 3.05) is 6.61 Å². The lowest BCUT2D eigenvalue weighted by molar-refractivity contribution is -0.142. The van der Waals surface area contributed by atoms with Crippen molar-refractivity contribution in [3.63, 3.8) is 0 Å². The lowest BCUT2D eigenvalue weighted by Gasteiger charge is -1.98. The third-order valence-corrected chi connectivity index (χ3v) is 3.99. The van der Waals surface area contributed by atoms with Crippen LogP contribution in [0.5, 0.6) is 0 Å². The van der Waals surface area contributed by atoms with Gasteiger partial charge in [0.25, 0.3) is 0 Å². The first-order valence-electron chi connectivity index (χ1n) is 7.66. The number of carbonyl (C=O) groups is 1. The second-order valence-corrected chi connectivity index (χ2v) is 5.52. The van der Waals surface area contributed by atoms with Gasteiger partial charge in [0.05, 0.1) is 6.61 Å². The number of ether oxygens (including phenoxy) is 1. The fraction of sp³-hybridized carbons (Fsp3) is 0.316. The first kappa shape index (κ1) is 13.9. The monoisotopic (exact) mass is 280 g/mol. The molecule has 2 aromatic rings. The van der Waals surface area contributed by atoms with E-state index in [9.17, 15) is 4.79 Å². The van der Waals surface area contributed by atoms with Crippen molar-refractivity contribution >= 4 is 5.97 Å². The maximum absolute atomic E-state index is 10.5. The molecular formula is C19H20O2. The van der Waals surface area contributed by atoms with Crippen molar-refractivity contribution in [3.05, 3.63) is 59.7 Å². The molecule has 0 amide bonds. The Balaban J connectivity index is 0.000000143. The lowest BCUT2D eigenvalue weighted by Crippen LogP contribution is -2.00. The zero-order valence-corrected chi connectivity index (χ0v) is 12.2. The molecule has 1 aliphatic heterocycles. The van der Waals surface area contributed by atoms with E-state index in [1.54, 1.807) is 0 Å². The van der Waals surface area contributed by atoms with Gasteiger partial charge in [-0.2, -0.15) is 0 Å². The molecule has 0 unspecified atom stereocenters. The molecule has 0 saturated carbocycles. The third kappa shape index (κ3) is 3.33. The second-order valence-electron chi connectivity index (χ2n) is 5.52. The van der Waals surface area contributed by atoms with Crippen LogP contribution in [-0.2, 0) is 16.0 Å². The van der Waals surface area contributed by atoms with E-state index in [0.717, 1.165) is 25.7 Å².